The molecule has 1 fully saturated rings. The fourth-order valence-electron chi connectivity index (χ4n) is 3.26. The van der Waals surface area contributed by atoms with Crippen LogP contribution in [0.15, 0.2) is 4.47 Å². The maximum Gasteiger partial charge on any atom is 0.310 e. The van der Waals surface area contributed by atoms with E-state index in [-0.39, 0.29) is 0 Å². The van der Waals surface area contributed by atoms with E-state index < -0.39 is 11.4 Å². The van der Waals surface area contributed by atoms with Crippen LogP contribution in [0.3, 0.4) is 0 Å². The second-order valence-electron chi connectivity index (χ2n) is 5.98. The third kappa shape index (κ3) is 3.16. The molecule has 118 valence electrons. The van der Waals surface area contributed by atoms with Crippen molar-refractivity contribution in [2.45, 2.75) is 46.1 Å². The Balaban J connectivity index is 2.12. The number of nitrogens with zero attached hydrogens (tertiary/aromatic N) is 3. The number of carboxylic acids is 1. The summed E-state index contributed by atoms with van der Waals surface area (Å²) in [4.78, 5) is 13.9. The first-order valence-corrected chi connectivity index (χ1v) is 8.38. The van der Waals surface area contributed by atoms with Crippen molar-refractivity contribution in [3.63, 3.8) is 0 Å². The highest BCUT2D eigenvalue weighted by Gasteiger charge is 2.44. The van der Waals surface area contributed by atoms with E-state index in [0.717, 1.165) is 54.6 Å². The predicted molar refractivity (Wildman–Crippen MR) is 85.2 cm³/mol. The number of hydrogen-bond acceptors (Lipinski definition) is 3. The van der Waals surface area contributed by atoms with Crippen LogP contribution in [0.4, 0.5) is 0 Å². The van der Waals surface area contributed by atoms with E-state index in [2.05, 4.69) is 39.8 Å². The van der Waals surface area contributed by atoms with Gasteiger partial charge in [-0.15, -0.1) is 0 Å². The van der Waals surface area contributed by atoms with E-state index in [4.69, 9.17) is 0 Å². The van der Waals surface area contributed by atoms with Gasteiger partial charge < -0.3 is 5.11 Å². The summed E-state index contributed by atoms with van der Waals surface area (Å²) in [6.07, 6.45) is 3.30. The molecule has 1 unspecified atom stereocenters. The smallest absolute Gasteiger partial charge is 0.310 e. The van der Waals surface area contributed by atoms with Crippen molar-refractivity contribution in [1.82, 2.24) is 14.7 Å². The van der Waals surface area contributed by atoms with Gasteiger partial charge in [-0.05, 0) is 41.7 Å². The molecule has 6 heteroatoms. The third-order valence-electron chi connectivity index (χ3n) is 4.49. The molecule has 1 aromatic rings. The highest BCUT2D eigenvalue weighted by atomic mass is 79.9. The number of rotatable bonds is 6. The summed E-state index contributed by atoms with van der Waals surface area (Å²) in [5.74, 6) is -0.648. The lowest BCUT2D eigenvalue weighted by molar-refractivity contribution is -0.148. The van der Waals surface area contributed by atoms with Gasteiger partial charge in [-0.1, -0.05) is 20.3 Å². The van der Waals surface area contributed by atoms with Crippen molar-refractivity contribution < 1.29 is 9.90 Å². The van der Waals surface area contributed by atoms with E-state index in [1.54, 1.807) is 0 Å². The average molecular weight is 358 g/mol. The lowest BCUT2D eigenvalue weighted by atomic mass is 9.83. The Kier molecular flexibility index (Phi) is 5.09. The van der Waals surface area contributed by atoms with Crippen LogP contribution in [-0.4, -0.2) is 38.8 Å². The van der Waals surface area contributed by atoms with Gasteiger partial charge in [0.2, 0.25) is 0 Å². The predicted octanol–water partition coefficient (Wildman–Crippen LogP) is 2.82. The largest absolute Gasteiger partial charge is 0.481 e. The topological polar surface area (TPSA) is 58.4 Å². The van der Waals surface area contributed by atoms with Crippen molar-refractivity contribution in [2.75, 3.05) is 13.1 Å². The van der Waals surface area contributed by atoms with Gasteiger partial charge in [-0.25, -0.2) is 0 Å². The molecule has 21 heavy (non-hydrogen) atoms. The number of aliphatic carboxylic acids is 1. The van der Waals surface area contributed by atoms with Crippen LogP contribution in [0.1, 0.15) is 44.5 Å². The molecule has 1 saturated heterocycles. The molecule has 1 aromatic heterocycles. The zero-order chi connectivity index (χ0) is 15.6. The fraction of sp³-hybridized carbons (Fsp3) is 0.733. The minimum atomic E-state index is -0.648. The van der Waals surface area contributed by atoms with Crippen LogP contribution < -0.4 is 0 Å². The number of carboxylic acid groups (broad SMARTS) is 1. The Morgan fingerprint density at radius 3 is 2.71 bits per heavy atom. The van der Waals surface area contributed by atoms with Gasteiger partial charge in [0.25, 0.3) is 0 Å². The second kappa shape index (κ2) is 6.48. The molecule has 1 aliphatic rings. The average Bonchev–Trinajstić information content (AvgIpc) is 2.96. The summed E-state index contributed by atoms with van der Waals surface area (Å²) in [6.45, 7) is 6.37. The molecular formula is C15H24BrN3O2. The van der Waals surface area contributed by atoms with Crippen molar-refractivity contribution in [2.24, 2.45) is 12.5 Å². The van der Waals surface area contributed by atoms with E-state index in [1.165, 1.54) is 0 Å². The fourth-order valence-corrected chi connectivity index (χ4v) is 4.00. The first-order valence-electron chi connectivity index (χ1n) is 7.59. The Hall–Kier alpha value is -0.880. The summed E-state index contributed by atoms with van der Waals surface area (Å²) >= 11 is 3.63. The Labute approximate surface area is 134 Å². The summed E-state index contributed by atoms with van der Waals surface area (Å²) in [5.41, 5.74) is 1.63. The minimum Gasteiger partial charge on any atom is -0.481 e. The highest BCUT2D eigenvalue weighted by Crippen LogP contribution is 2.36. The Morgan fingerprint density at radius 2 is 2.19 bits per heavy atom. The molecule has 0 radical (unpaired) electrons. The molecule has 0 saturated carbocycles. The zero-order valence-electron chi connectivity index (χ0n) is 13.0. The summed E-state index contributed by atoms with van der Waals surface area (Å²) in [6, 6.07) is 0. The number of carbonyl (C=O) groups is 1. The van der Waals surface area contributed by atoms with E-state index >= 15 is 0 Å². The molecule has 2 rings (SSSR count). The van der Waals surface area contributed by atoms with Crippen LogP contribution in [0, 0.1) is 5.41 Å². The minimum absolute atomic E-state index is 0.562. The third-order valence-corrected chi connectivity index (χ3v) is 5.41. The SMILES string of the molecule is CCCC1(C(=O)O)CCN(Cc2c(Br)c(CC)nn2C)C1. The lowest BCUT2D eigenvalue weighted by Gasteiger charge is -2.24. The van der Waals surface area contributed by atoms with Crippen LogP contribution >= 0.6 is 15.9 Å². The second-order valence-corrected chi connectivity index (χ2v) is 6.77. The number of halogens is 1. The maximum absolute atomic E-state index is 11.6. The van der Waals surface area contributed by atoms with Crippen LogP contribution in [-0.2, 0) is 24.8 Å². The quantitative estimate of drug-likeness (QED) is 0.850. The Bertz CT molecular complexity index is 529. The first-order chi connectivity index (χ1) is 9.93. The number of aryl methyl sites for hydroxylation is 2. The van der Waals surface area contributed by atoms with E-state index in [0.29, 0.717) is 6.54 Å². The van der Waals surface area contributed by atoms with Crippen LogP contribution in [0.5, 0.6) is 0 Å². The Morgan fingerprint density at radius 1 is 1.48 bits per heavy atom. The number of hydrogen-bond donors (Lipinski definition) is 1. The molecule has 0 aromatic carbocycles. The monoisotopic (exact) mass is 357 g/mol. The molecule has 1 aliphatic heterocycles. The van der Waals surface area contributed by atoms with Gasteiger partial charge in [0.05, 0.1) is 21.3 Å². The zero-order valence-corrected chi connectivity index (χ0v) is 14.6. The molecule has 5 nitrogen and oxygen atoms in total. The van der Waals surface area contributed by atoms with Crippen LogP contribution in [0.25, 0.3) is 0 Å². The lowest BCUT2D eigenvalue weighted by Crippen LogP contribution is -2.34. The van der Waals surface area contributed by atoms with Gasteiger partial charge in [0.1, 0.15) is 0 Å². The summed E-state index contributed by atoms with van der Waals surface area (Å²) < 4.78 is 2.97. The van der Waals surface area contributed by atoms with E-state index in [1.807, 2.05) is 11.7 Å². The van der Waals surface area contributed by atoms with Gasteiger partial charge in [0, 0.05) is 20.1 Å². The van der Waals surface area contributed by atoms with Gasteiger partial charge in [-0.3, -0.25) is 14.4 Å². The van der Waals surface area contributed by atoms with Gasteiger partial charge in [0.15, 0.2) is 0 Å². The number of likely N-dealkylation sites (tertiary alicyclic amines) is 1. The molecule has 1 atom stereocenters. The molecule has 0 bridgehead atoms. The normalized spacial score (nSPS) is 22.9. The van der Waals surface area contributed by atoms with Gasteiger partial charge in [-0.2, -0.15) is 5.10 Å². The van der Waals surface area contributed by atoms with Crippen molar-refractivity contribution in [3.8, 4) is 0 Å². The molecule has 0 spiro atoms. The molecule has 0 amide bonds. The molecule has 1 N–H and O–H groups in total. The molecular weight excluding hydrogens is 334 g/mol. The van der Waals surface area contributed by atoms with Gasteiger partial charge >= 0.3 is 5.97 Å². The van der Waals surface area contributed by atoms with E-state index in [9.17, 15) is 9.90 Å². The summed E-state index contributed by atoms with van der Waals surface area (Å²) in [5, 5.41) is 14.1. The first kappa shape index (κ1) is 16.5. The number of aromatic nitrogens is 2. The molecule has 0 aliphatic carbocycles. The standard InChI is InChI=1S/C15H24BrN3O2/c1-4-6-15(14(20)21)7-8-19(10-15)9-12-13(16)11(5-2)17-18(12)3/h4-10H2,1-3H3,(H,20,21). The summed E-state index contributed by atoms with van der Waals surface area (Å²) in [7, 11) is 1.95. The van der Waals surface area contributed by atoms with Crippen molar-refractivity contribution >= 4 is 21.9 Å². The maximum atomic E-state index is 11.6. The highest BCUT2D eigenvalue weighted by molar-refractivity contribution is 9.10. The molecule has 2 heterocycles. The van der Waals surface area contributed by atoms with Crippen LogP contribution in [0.2, 0.25) is 0 Å². The van der Waals surface area contributed by atoms with Crippen molar-refractivity contribution in [1.29, 1.82) is 0 Å². The van der Waals surface area contributed by atoms with Crippen molar-refractivity contribution in [3.05, 3.63) is 15.9 Å².